The van der Waals surface area contributed by atoms with Gasteiger partial charge in [-0.15, -0.1) is 0 Å². The summed E-state index contributed by atoms with van der Waals surface area (Å²) in [5, 5.41) is 11.7. The topological polar surface area (TPSA) is 91.0 Å². The van der Waals surface area contributed by atoms with Crippen LogP contribution in [0.3, 0.4) is 0 Å². The highest BCUT2D eigenvalue weighted by molar-refractivity contribution is 6.34. The van der Waals surface area contributed by atoms with Crippen LogP contribution in [0.15, 0.2) is 77.4 Å². The summed E-state index contributed by atoms with van der Waals surface area (Å²) in [6, 6.07) is 14.7. The third kappa shape index (κ3) is 4.76. The van der Waals surface area contributed by atoms with Gasteiger partial charge in [0.1, 0.15) is 5.75 Å². The van der Waals surface area contributed by atoms with Gasteiger partial charge in [-0.2, -0.15) is 13.2 Å². The first-order valence-electron chi connectivity index (χ1n) is 9.53. The highest BCUT2D eigenvalue weighted by atomic mass is 35.5. The lowest BCUT2D eigenvalue weighted by Gasteiger charge is -2.11. The number of para-hydroxylation sites is 1. The molecule has 0 N–H and O–H groups in total. The zero-order chi connectivity index (χ0) is 24.5. The molecule has 0 radical (unpaired) electrons. The van der Waals surface area contributed by atoms with Crippen molar-refractivity contribution in [2.24, 2.45) is 4.99 Å². The number of esters is 1. The largest absolute Gasteiger partial charge is 0.449 e. The van der Waals surface area contributed by atoms with E-state index in [2.05, 4.69) is 4.99 Å². The monoisotopic (exact) mass is 488 g/mol. The van der Waals surface area contributed by atoms with Gasteiger partial charge >= 0.3 is 17.8 Å². The molecule has 3 aromatic carbocycles. The maximum atomic E-state index is 13.0. The van der Waals surface area contributed by atoms with E-state index in [1.54, 1.807) is 36.4 Å². The fourth-order valence-electron chi connectivity index (χ4n) is 3.04. The van der Waals surface area contributed by atoms with Gasteiger partial charge in [0.05, 0.1) is 21.1 Å². The molecule has 0 aliphatic carbocycles. The van der Waals surface area contributed by atoms with E-state index in [1.807, 2.05) is 0 Å². The van der Waals surface area contributed by atoms with E-state index in [1.165, 1.54) is 18.2 Å². The van der Waals surface area contributed by atoms with Crippen LogP contribution >= 0.6 is 11.6 Å². The normalized spacial score (nSPS) is 14.6. The van der Waals surface area contributed by atoms with Crippen molar-refractivity contribution in [1.29, 1.82) is 0 Å². The molecule has 0 atom stereocenters. The van der Waals surface area contributed by atoms with Crippen LogP contribution in [0.2, 0.25) is 5.02 Å². The Morgan fingerprint density at radius 3 is 2.44 bits per heavy atom. The van der Waals surface area contributed by atoms with Gasteiger partial charge in [-0.3, -0.25) is 10.1 Å². The minimum Gasteiger partial charge on any atom is -0.449 e. The predicted molar refractivity (Wildman–Crippen MR) is 117 cm³/mol. The lowest BCUT2D eigenvalue weighted by molar-refractivity contribution is -0.385. The molecule has 0 saturated carbocycles. The Balaban J connectivity index is 1.70. The molecule has 4 rings (SSSR count). The zero-order valence-corrected chi connectivity index (χ0v) is 17.6. The first-order chi connectivity index (χ1) is 16.1. The summed E-state index contributed by atoms with van der Waals surface area (Å²) in [7, 11) is 0. The van der Waals surface area contributed by atoms with Crippen molar-refractivity contribution in [1.82, 2.24) is 0 Å². The molecule has 34 heavy (non-hydrogen) atoms. The summed E-state index contributed by atoms with van der Waals surface area (Å²) in [5.74, 6) is -1.12. The van der Waals surface area contributed by atoms with E-state index in [0.717, 1.165) is 6.07 Å². The van der Waals surface area contributed by atoms with Crippen LogP contribution in [-0.2, 0) is 15.7 Å². The lowest BCUT2D eigenvalue weighted by Crippen LogP contribution is -2.06. The molecular weight excluding hydrogens is 477 g/mol. The molecule has 0 amide bonds. The highest BCUT2D eigenvalue weighted by Gasteiger charge is 2.33. The third-order valence-corrected chi connectivity index (χ3v) is 4.97. The van der Waals surface area contributed by atoms with Crippen molar-refractivity contribution in [2.45, 2.75) is 6.18 Å². The number of alkyl halides is 3. The maximum Gasteiger partial charge on any atom is 0.416 e. The number of nitrogens with zero attached hydrogens (tertiary/aromatic N) is 2. The number of carbonyl (C=O) groups excluding carboxylic acids is 1. The van der Waals surface area contributed by atoms with Crippen LogP contribution in [-0.4, -0.2) is 16.8 Å². The first-order valence-corrected chi connectivity index (χ1v) is 9.91. The number of rotatable bonds is 5. The SMILES string of the molecule is O=C1OC(c2ccccc2Cl)=N/C1=C\c1ccccc1Oc1ccc(C(F)(F)F)cc1[N+](=O)[O-]. The fraction of sp³-hybridized carbons (Fsp3) is 0.0435. The fourth-order valence-corrected chi connectivity index (χ4v) is 3.26. The quantitative estimate of drug-likeness (QED) is 0.179. The smallest absolute Gasteiger partial charge is 0.416 e. The number of nitro benzene ring substituents is 1. The number of halogens is 4. The van der Waals surface area contributed by atoms with E-state index in [0.29, 0.717) is 22.7 Å². The van der Waals surface area contributed by atoms with Crippen LogP contribution in [0.4, 0.5) is 18.9 Å². The molecule has 0 spiro atoms. The number of hydrogen-bond donors (Lipinski definition) is 0. The predicted octanol–water partition coefficient (Wildman–Crippen LogP) is 6.40. The lowest BCUT2D eigenvalue weighted by atomic mass is 10.1. The summed E-state index contributed by atoms with van der Waals surface area (Å²) < 4.78 is 49.6. The number of cyclic esters (lactones) is 1. The van der Waals surface area contributed by atoms with Gasteiger partial charge in [0, 0.05) is 11.6 Å². The maximum absolute atomic E-state index is 13.0. The Kier molecular flexibility index (Phi) is 6.08. The molecule has 0 saturated heterocycles. The minimum atomic E-state index is -4.76. The van der Waals surface area contributed by atoms with Gasteiger partial charge in [0.15, 0.2) is 5.70 Å². The van der Waals surface area contributed by atoms with Crippen LogP contribution < -0.4 is 4.74 Å². The van der Waals surface area contributed by atoms with E-state index >= 15 is 0 Å². The number of ether oxygens (including phenoxy) is 2. The van der Waals surface area contributed by atoms with Gasteiger partial charge in [0.2, 0.25) is 11.6 Å². The molecule has 7 nitrogen and oxygen atoms in total. The van der Waals surface area contributed by atoms with Crippen molar-refractivity contribution in [3.63, 3.8) is 0 Å². The Morgan fingerprint density at radius 1 is 1.03 bits per heavy atom. The minimum absolute atomic E-state index is 0.00127. The van der Waals surface area contributed by atoms with Crippen molar-refractivity contribution in [3.8, 4) is 11.5 Å². The molecule has 11 heteroatoms. The third-order valence-electron chi connectivity index (χ3n) is 4.64. The molecule has 1 aliphatic heterocycles. The molecule has 172 valence electrons. The van der Waals surface area contributed by atoms with Crippen LogP contribution in [0, 0.1) is 10.1 Å². The molecule has 3 aromatic rings. The molecule has 0 bridgehead atoms. The summed E-state index contributed by atoms with van der Waals surface area (Å²) in [6.07, 6.45) is -3.43. The molecule has 0 unspecified atom stereocenters. The van der Waals surface area contributed by atoms with E-state index < -0.39 is 34.1 Å². The van der Waals surface area contributed by atoms with Crippen molar-refractivity contribution < 1.29 is 32.4 Å². The van der Waals surface area contributed by atoms with Crippen molar-refractivity contribution >= 4 is 35.2 Å². The van der Waals surface area contributed by atoms with Gasteiger partial charge in [-0.05, 0) is 36.4 Å². The van der Waals surface area contributed by atoms with Crippen molar-refractivity contribution in [3.05, 3.63) is 104 Å². The molecule has 0 fully saturated rings. The second-order valence-corrected chi connectivity index (χ2v) is 7.30. The van der Waals surface area contributed by atoms with Crippen LogP contribution in [0.5, 0.6) is 11.5 Å². The average molecular weight is 489 g/mol. The van der Waals surface area contributed by atoms with Gasteiger partial charge in [-0.1, -0.05) is 41.9 Å². The summed E-state index contributed by atoms with van der Waals surface area (Å²) >= 11 is 6.12. The molecular formula is C23H12ClF3N2O5. The van der Waals surface area contributed by atoms with Gasteiger partial charge in [0.25, 0.3) is 0 Å². The Labute approximate surface area is 194 Å². The number of aliphatic imine (C=N–C) groups is 1. The molecule has 1 heterocycles. The summed E-state index contributed by atoms with van der Waals surface area (Å²) in [4.78, 5) is 26.9. The second kappa shape index (κ2) is 8.99. The zero-order valence-electron chi connectivity index (χ0n) is 16.9. The van der Waals surface area contributed by atoms with Crippen LogP contribution in [0.1, 0.15) is 16.7 Å². The van der Waals surface area contributed by atoms with Gasteiger partial charge < -0.3 is 9.47 Å². The molecule has 1 aliphatic rings. The molecule has 0 aromatic heterocycles. The van der Waals surface area contributed by atoms with E-state index in [9.17, 15) is 28.1 Å². The summed E-state index contributed by atoms with van der Waals surface area (Å²) in [6.45, 7) is 0. The summed E-state index contributed by atoms with van der Waals surface area (Å²) in [5.41, 5.74) is -1.44. The van der Waals surface area contributed by atoms with E-state index in [4.69, 9.17) is 21.1 Å². The second-order valence-electron chi connectivity index (χ2n) is 6.89. The average Bonchev–Trinajstić information content (AvgIpc) is 3.14. The Hall–Kier alpha value is -4.18. The van der Waals surface area contributed by atoms with Crippen molar-refractivity contribution in [2.75, 3.05) is 0 Å². The standard InChI is InChI=1S/C23H12ClF3N2O5/c24-16-7-3-2-6-15(16)21-28-17(22(30)34-21)11-13-5-1-4-8-19(13)33-20-10-9-14(23(25,26)27)12-18(20)29(31)32/h1-12H/b17-11-. The van der Waals surface area contributed by atoms with Crippen LogP contribution in [0.25, 0.3) is 6.08 Å². The Bertz CT molecular complexity index is 1370. The number of benzene rings is 3. The highest BCUT2D eigenvalue weighted by Crippen LogP contribution is 2.39. The first kappa shape index (κ1) is 23.0. The Morgan fingerprint density at radius 2 is 1.74 bits per heavy atom. The van der Waals surface area contributed by atoms with Gasteiger partial charge in [-0.25, -0.2) is 9.79 Å². The number of nitro groups is 1. The van der Waals surface area contributed by atoms with E-state index in [-0.39, 0.29) is 22.9 Å². The number of hydrogen-bond acceptors (Lipinski definition) is 6. The number of carbonyl (C=O) groups is 1.